The predicted molar refractivity (Wildman–Crippen MR) is 82.0 cm³/mol. The van der Waals surface area contributed by atoms with Crippen molar-refractivity contribution in [1.82, 2.24) is 0 Å². The van der Waals surface area contributed by atoms with Crippen LogP contribution in [0.4, 0.5) is 5.69 Å². The van der Waals surface area contributed by atoms with Crippen LogP contribution in [0.2, 0.25) is 0 Å². The number of benzene rings is 2. The first kappa shape index (κ1) is 15.1. The van der Waals surface area contributed by atoms with Crippen molar-refractivity contribution < 1.29 is 14.3 Å². The number of esters is 1. The smallest absolute Gasteiger partial charge is 0.332 e. The molecule has 4 nitrogen and oxygen atoms in total. The standard InChI is InChI=1S/C17H19NO3/c1-20-12-13-8-10-14(11-9-13)16(17(19)21-2)18-15-6-4-3-5-7-15/h3-11,16,18H,12H2,1-2H3. The molecule has 0 spiro atoms. The van der Waals surface area contributed by atoms with Crippen LogP contribution in [0.1, 0.15) is 17.2 Å². The number of ether oxygens (including phenoxy) is 2. The SMILES string of the molecule is COCc1ccc(C(Nc2ccccc2)C(=O)OC)cc1. The molecule has 0 aliphatic carbocycles. The minimum Gasteiger partial charge on any atom is -0.467 e. The summed E-state index contributed by atoms with van der Waals surface area (Å²) >= 11 is 0. The van der Waals surface area contributed by atoms with Gasteiger partial charge in [-0.3, -0.25) is 0 Å². The van der Waals surface area contributed by atoms with Crippen LogP contribution in [0.25, 0.3) is 0 Å². The number of hydrogen-bond acceptors (Lipinski definition) is 4. The zero-order valence-electron chi connectivity index (χ0n) is 12.2. The van der Waals surface area contributed by atoms with E-state index in [1.54, 1.807) is 7.11 Å². The highest BCUT2D eigenvalue weighted by Crippen LogP contribution is 2.21. The molecule has 0 fully saturated rings. The zero-order chi connectivity index (χ0) is 15.1. The molecule has 0 aliphatic heterocycles. The van der Waals surface area contributed by atoms with Gasteiger partial charge in [0.1, 0.15) is 0 Å². The highest BCUT2D eigenvalue weighted by Gasteiger charge is 2.21. The van der Waals surface area contributed by atoms with Crippen molar-refractivity contribution in [3.05, 3.63) is 65.7 Å². The molecule has 0 aromatic heterocycles. The Bertz CT molecular complexity index is 566. The second kappa shape index (κ2) is 7.45. The number of nitrogens with one attached hydrogen (secondary N) is 1. The molecular weight excluding hydrogens is 266 g/mol. The Balaban J connectivity index is 2.21. The van der Waals surface area contributed by atoms with Crippen LogP contribution in [0.15, 0.2) is 54.6 Å². The van der Waals surface area contributed by atoms with Crippen molar-refractivity contribution in [3.63, 3.8) is 0 Å². The largest absolute Gasteiger partial charge is 0.467 e. The number of para-hydroxylation sites is 1. The Hall–Kier alpha value is -2.33. The van der Waals surface area contributed by atoms with E-state index in [2.05, 4.69) is 5.32 Å². The van der Waals surface area contributed by atoms with Gasteiger partial charge in [0, 0.05) is 12.8 Å². The molecule has 0 saturated carbocycles. The Labute approximate surface area is 124 Å². The third-order valence-corrected chi connectivity index (χ3v) is 3.15. The minimum absolute atomic E-state index is 0.321. The fourth-order valence-corrected chi connectivity index (χ4v) is 2.07. The first-order valence-corrected chi connectivity index (χ1v) is 6.72. The molecule has 21 heavy (non-hydrogen) atoms. The van der Waals surface area contributed by atoms with Crippen LogP contribution in [0, 0.1) is 0 Å². The molecular formula is C17H19NO3. The Morgan fingerprint density at radius 2 is 1.71 bits per heavy atom. The van der Waals surface area contributed by atoms with Crippen LogP contribution in [-0.2, 0) is 20.9 Å². The second-order valence-electron chi connectivity index (χ2n) is 4.64. The van der Waals surface area contributed by atoms with Gasteiger partial charge in [-0.25, -0.2) is 4.79 Å². The number of methoxy groups -OCH3 is 2. The molecule has 2 rings (SSSR count). The van der Waals surface area contributed by atoms with Crippen molar-refractivity contribution in [2.45, 2.75) is 12.6 Å². The molecule has 110 valence electrons. The summed E-state index contributed by atoms with van der Waals surface area (Å²) in [6.45, 7) is 0.551. The normalized spacial score (nSPS) is 11.7. The average molecular weight is 285 g/mol. The van der Waals surface area contributed by atoms with Crippen molar-refractivity contribution in [2.24, 2.45) is 0 Å². The summed E-state index contributed by atoms with van der Waals surface area (Å²) in [5, 5.41) is 3.19. The molecule has 2 aromatic rings. The number of anilines is 1. The molecule has 0 aliphatic rings. The summed E-state index contributed by atoms with van der Waals surface area (Å²) in [6, 6.07) is 16.8. The third kappa shape index (κ3) is 4.07. The second-order valence-corrected chi connectivity index (χ2v) is 4.64. The lowest BCUT2D eigenvalue weighted by atomic mass is 10.0. The maximum atomic E-state index is 12.0. The van der Waals surface area contributed by atoms with Crippen LogP contribution in [0.5, 0.6) is 0 Å². The molecule has 4 heteroatoms. The van der Waals surface area contributed by atoms with Gasteiger partial charge in [-0.15, -0.1) is 0 Å². The molecule has 2 aromatic carbocycles. The fraction of sp³-hybridized carbons (Fsp3) is 0.235. The van der Waals surface area contributed by atoms with Gasteiger partial charge in [0.25, 0.3) is 0 Å². The Kier molecular flexibility index (Phi) is 5.35. The molecule has 0 heterocycles. The maximum Gasteiger partial charge on any atom is 0.332 e. The highest BCUT2D eigenvalue weighted by atomic mass is 16.5. The summed E-state index contributed by atoms with van der Waals surface area (Å²) < 4.78 is 9.98. The molecule has 0 radical (unpaired) electrons. The van der Waals surface area contributed by atoms with E-state index in [1.807, 2.05) is 54.6 Å². The molecule has 0 saturated heterocycles. The zero-order valence-corrected chi connectivity index (χ0v) is 12.2. The molecule has 1 unspecified atom stereocenters. The Morgan fingerprint density at radius 3 is 2.29 bits per heavy atom. The van der Waals surface area contributed by atoms with E-state index < -0.39 is 6.04 Å². The Morgan fingerprint density at radius 1 is 1.05 bits per heavy atom. The lowest BCUT2D eigenvalue weighted by Crippen LogP contribution is -2.22. The van der Waals surface area contributed by atoms with Gasteiger partial charge in [0.05, 0.1) is 13.7 Å². The minimum atomic E-state index is -0.533. The van der Waals surface area contributed by atoms with Gasteiger partial charge in [-0.2, -0.15) is 0 Å². The summed E-state index contributed by atoms with van der Waals surface area (Å²) in [5.41, 5.74) is 2.78. The van der Waals surface area contributed by atoms with Gasteiger partial charge in [-0.1, -0.05) is 42.5 Å². The van der Waals surface area contributed by atoms with E-state index in [9.17, 15) is 4.79 Å². The summed E-state index contributed by atoms with van der Waals surface area (Å²) in [5.74, 6) is -0.321. The molecule has 0 bridgehead atoms. The maximum absolute atomic E-state index is 12.0. The average Bonchev–Trinajstić information content (AvgIpc) is 2.54. The van der Waals surface area contributed by atoms with Crippen molar-refractivity contribution in [1.29, 1.82) is 0 Å². The van der Waals surface area contributed by atoms with Gasteiger partial charge < -0.3 is 14.8 Å². The van der Waals surface area contributed by atoms with Crippen molar-refractivity contribution in [2.75, 3.05) is 19.5 Å². The molecule has 1 N–H and O–H groups in total. The first-order valence-electron chi connectivity index (χ1n) is 6.72. The summed E-state index contributed by atoms with van der Waals surface area (Å²) in [4.78, 5) is 12.0. The van der Waals surface area contributed by atoms with Gasteiger partial charge >= 0.3 is 5.97 Å². The first-order chi connectivity index (χ1) is 10.2. The van der Waals surface area contributed by atoms with Gasteiger partial charge in [0.15, 0.2) is 6.04 Å². The van der Waals surface area contributed by atoms with Crippen molar-refractivity contribution in [3.8, 4) is 0 Å². The number of carbonyl (C=O) groups excluding carboxylic acids is 1. The van der Waals surface area contributed by atoms with Crippen molar-refractivity contribution >= 4 is 11.7 Å². The lowest BCUT2D eigenvalue weighted by molar-refractivity contribution is -0.141. The molecule has 1 atom stereocenters. The van der Waals surface area contributed by atoms with E-state index in [0.717, 1.165) is 16.8 Å². The number of rotatable bonds is 6. The van der Waals surface area contributed by atoms with Crippen LogP contribution < -0.4 is 5.32 Å². The van der Waals surface area contributed by atoms with Crippen LogP contribution >= 0.6 is 0 Å². The van der Waals surface area contributed by atoms with E-state index in [0.29, 0.717) is 6.61 Å². The van der Waals surface area contributed by atoms with E-state index in [1.165, 1.54) is 7.11 Å². The van der Waals surface area contributed by atoms with E-state index in [4.69, 9.17) is 9.47 Å². The fourth-order valence-electron chi connectivity index (χ4n) is 2.07. The topological polar surface area (TPSA) is 47.6 Å². The van der Waals surface area contributed by atoms with E-state index in [-0.39, 0.29) is 5.97 Å². The van der Waals surface area contributed by atoms with E-state index >= 15 is 0 Å². The van der Waals surface area contributed by atoms with Crippen LogP contribution in [-0.4, -0.2) is 20.2 Å². The number of hydrogen-bond donors (Lipinski definition) is 1. The monoisotopic (exact) mass is 285 g/mol. The summed E-state index contributed by atoms with van der Waals surface area (Å²) in [6.07, 6.45) is 0. The highest BCUT2D eigenvalue weighted by molar-refractivity contribution is 5.81. The van der Waals surface area contributed by atoms with Crippen LogP contribution in [0.3, 0.4) is 0 Å². The number of carbonyl (C=O) groups is 1. The lowest BCUT2D eigenvalue weighted by Gasteiger charge is -2.18. The van der Waals surface area contributed by atoms with Gasteiger partial charge in [0.2, 0.25) is 0 Å². The quantitative estimate of drug-likeness (QED) is 0.828. The predicted octanol–water partition coefficient (Wildman–Crippen LogP) is 3.16. The summed E-state index contributed by atoms with van der Waals surface area (Å²) in [7, 11) is 3.05. The van der Waals surface area contributed by atoms with Gasteiger partial charge in [-0.05, 0) is 23.3 Å². The third-order valence-electron chi connectivity index (χ3n) is 3.15. The molecule has 0 amide bonds.